The number of nitro benzene ring substituents is 1. The second-order valence-electron chi connectivity index (χ2n) is 5.32. The van der Waals surface area contributed by atoms with Crippen LogP contribution in [-0.4, -0.2) is 23.2 Å². The van der Waals surface area contributed by atoms with Crippen LogP contribution in [0.15, 0.2) is 71.9 Å². The Morgan fingerprint density at radius 3 is 2.62 bits per heavy atom. The number of carbonyl (C=O) groups is 1. The van der Waals surface area contributed by atoms with Crippen LogP contribution in [-0.2, 0) is 9.63 Å². The van der Waals surface area contributed by atoms with Crippen LogP contribution in [0.25, 0.3) is 6.08 Å². The molecule has 0 saturated heterocycles. The van der Waals surface area contributed by atoms with E-state index in [1.54, 1.807) is 24.3 Å². The molecule has 0 amide bonds. The zero-order valence-electron chi connectivity index (χ0n) is 13.6. The van der Waals surface area contributed by atoms with Gasteiger partial charge in [-0.15, -0.1) is 0 Å². The summed E-state index contributed by atoms with van der Waals surface area (Å²) in [6, 6.07) is 12.9. The van der Waals surface area contributed by atoms with Crippen molar-refractivity contribution < 1.29 is 19.3 Å². The van der Waals surface area contributed by atoms with Crippen LogP contribution in [0.4, 0.5) is 5.69 Å². The van der Waals surface area contributed by atoms with Gasteiger partial charge in [-0.2, -0.15) is 0 Å². The van der Waals surface area contributed by atoms with Gasteiger partial charge in [0.25, 0.3) is 5.69 Å². The molecule has 2 aromatic carbocycles. The number of hydrogen-bond donors (Lipinski definition) is 0. The molecule has 0 N–H and O–H groups in total. The van der Waals surface area contributed by atoms with E-state index in [1.807, 2.05) is 12.1 Å². The molecule has 1 aliphatic rings. The number of ether oxygens (including phenoxy) is 1. The van der Waals surface area contributed by atoms with Gasteiger partial charge in [0.2, 0.25) is 0 Å². The molecule has 1 heterocycles. The average molecular weight is 350 g/mol. The first-order valence-electron chi connectivity index (χ1n) is 7.69. The molecule has 0 atom stereocenters. The summed E-state index contributed by atoms with van der Waals surface area (Å²) in [4.78, 5) is 27.2. The summed E-state index contributed by atoms with van der Waals surface area (Å²) in [6.45, 7) is 3.94. The van der Waals surface area contributed by atoms with Crippen molar-refractivity contribution in [3.05, 3.63) is 88.0 Å². The van der Waals surface area contributed by atoms with Crippen molar-refractivity contribution in [1.82, 2.24) is 0 Å². The molecule has 7 heteroatoms. The topological polar surface area (TPSA) is 91.0 Å². The molecule has 3 rings (SSSR count). The van der Waals surface area contributed by atoms with Crippen molar-refractivity contribution in [2.24, 2.45) is 5.16 Å². The molecule has 0 unspecified atom stereocenters. The number of nitro groups is 1. The monoisotopic (exact) mass is 350 g/mol. The van der Waals surface area contributed by atoms with E-state index in [1.165, 1.54) is 24.3 Å². The van der Waals surface area contributed by atoms with Crippen LogP contribution in [0.5, 0.6) is 5.75 Å². The largest absolute Gasteiger partial charge is 0.489 e. The molecular formula is C19H14N2O5. The lowest BCUT2D eigenvalue weighted by Gasteiger charge is -2.07. The fourth-order valence-electron chi connectivity index (χ4n) is 2.39. The average Bonchev–Trinajstić information content (AvgIpc) is 3.01. The lowest BCUT2D eigenvalue weighted by molar-refractivity contribution is -0.384. The lowest BCUT2D eigenvalue weighted by atomic mass is 10.00. The normalized spacial score (nSPS) is 14.7. The Kier molecular flexibility index (Phi) is 4.89. The van der Waals surface area contributed by atoms with E-state index in [2.05, 4.69) is 11.7 Å². The molecule has 0 fully saturated rings. The Bertz CT molecular complexity index is 929. The van der Waals surface area contributed by atoms with Crippen LogP contribution in [0.1, 0.15) is 11.1 Å². The lowest BCUT2D eigenvalue weighted by Crippen LogP contribution is -2.07. The first-order valence-corrected chi connectivity index (χ1v) is 7.69. The zero-order chi connectivity index (χ0) is 18.5. The van der Waals surface area contributed by atoms with Crippen molar-refractivity contribution in [2.75, 3.05) is 6.61 Å². The Morgan fingerprint density at radius 2 is 1.92 bits per heavy atom. The summed E-state index contributed by atoms with van der Waals surface area (Å²) in [7, 11) is 0. The summed E-state index contributed by atoms with van der Waals surface area (Å²) in [6.07, 6.45) is 3.24. The zero-order valence-corrected chi connectivity index (χ0v) is 13.6. The molecule has 1 aliphatic heterocycles. The third-order valence-electron chi connectivity index (χ3n) is 3.62. The SMILES string of the molecule is C=CCOc1ccccc1/C=C1/C(=O)ON=C1c1ccc([N+](=O)[O-])cc1. The minimum atomic E-state index is -0.600. The Morgan fingerprint density at radius 1 is 1.19 bits per heavy atom. The van der Waals surface area contributed by atoms with E-state index >= 15 is 0 Å². The molecule has 0 aromatic heterocycles. The highest BCUT2D eigenvalue weighted by Crippen LogP contribution is 2.26. The van der Waals surface area contributed by atoms with E-state index in [0.29, 0.717) is 29.2 Å². The number of para-hydroxylation sites is 1. The quantitative estimate of drug-likeness (QED) is 0.261. The minimum absolute atomic E-state index is 0.0479. The maximum absolute atomic E-state index is 12.1. The number of benzene rings is 2. The van der Waals surface area contributed by atoms with Crippen LogP contribution < -0.4 is 4.74 Å². The maximum Gasteiger partial charge on any atom is 0.368 e. The number of rotatable bonds is 6. The van der Waals surface area contributed by atoms with Gasteiger partial charge >= 0.3 is 5.97 Å². The first kappa shape index (κ1) is 17.1. The molecule has 7 nitrogen and oxygen atoms in total. The third kappa shape index (κ3) is 3.51. The van der Waals surface area contributed by atoms with Crippen molar-refractivity contribution in [2.45, 2.75) is 0 Å². The van der Waals surface area contributed by atoms with Crippen molar-refractivity contribution in [1.29, 1.82) is 0 Å². The van der Waals surface area contributed by atoms with E-state index < -0.39 is 10.9 Å². The number of nitrogens with zero attached hydrogens (tertiary/aromatic N) is 2. The highest BCUT2D eigenvalue weighted by atomic mass is 16.7. The van der Waals surface area contributed by atoms with Gasteiger partial charge in [0.1, 0.15) is 18.1 Å². The second-order valence-corrected chi connectivity index (χ2v) is 5.32. The van der Waals surface area contributed by atoms with Gasteiger partial charge in [-0.1, -0.05) is 36.0 Å². The number of hydrogen-bond acceptors (Lipinski definition) is 6. The standard InChI is InChI=1S/C19H14N2O5/c1-2-11-25-17-6-4-3-5-14(17)12-16-18(20-26-19(16)22)13-7-9-15(10-8-13)21(23)24/h2-10,12H,1,11H2/b16-12+. The predicted molar refractivity (Wildman–Crippen MR) is 95.8 cm³/mol. The molecule has 26 heavy (non-hydrogen) atoms. The summed E-state index contributed by atoms with van der Waals surface area (Å²) in [5.74, 6) is -0.0143. The molecule has 0 saturated carbocycles. The first-order chi connectivity index (χ1) is 12.6. The number of non-ortho nitro benzene ring substituents is 1. The highest BCUT2D eigenvalue weighted by molar-refractivity contribution is 6.31. The van der Waals surface area contributed by atoms with Crippen molar-refractivity contribution in [3.8, 4) is 5.75 Å². The van der Waals surface area contributed by atoms with Gasteiger partial charge < -0.3 is 9.57 Å². The second kappa shape index (κ2) is 7.43. The number of carbonyl (C=O) groups excluding carboxylic acids is 1. The maximum atomic E-state index is 12.1. The molecule has 0 aliphatic carbocycles. The fourth-order valence-corrected chi connectivity index (χ4v) is 2.39. The van der Waals surface area contributed by atoms with Gasteiger partial charge in [-0.3, -0.25) is 10.1 Å². The third-order valence-corrected chi connectivity index (χ3v) is 3.62. The van der Waals surface area contributed by atoms with E-state index in [4.69, 9.17) is 9.57 Å². The molecule has 2 aromatic rings. The van der Waals surface area contributed by atoms with Gasteiger partial charge in [-0.25, -0.2) is 4.79 Å². The van der Waals surface area contributed by atoms with E-state index in [9.17, 15) is 14.9 Å². The van der Waals surface area contributed by atoms with Crippen LogP contribution >= 0.6 is 0 Å². The molecule has 130 valence electrons. The Balaban J connectivity index is 1.97. The van der Waals surface area contributed by atoms with Crippen LogP contribution in [0, 0.1) is 10.1 Å². The molecule has 0 spiro atoms. The van der Waals surface area contributed by atoms with Crippen molar-refractivity contribution in [3.63, 3.8) is 0 Å². The van der Waals surface area contributed by atoms with Crippen LogP contribution in [0.3, 0.4) is 0 Å². The summed E-state index contributed by atoms with van der Waals surface area (Å²) in [5.41, 5.74) is 1.72. The fraction of sp³-hybridized carbons (Fsp3) is 0.0526. The van der Waals surface area contributed by atoms with Crippen LogP contribution in [0.2, 0.25) is 0 Å². The van der Waals surface area contributed by atoms with E-state index in [-0.39, 0.29) is 11.3 Å². The molecular weight excluding hydrogens is 336 g/mol. The predicted octanol–water partition coefficient (Wildman–Crippen LogP) is 3.50. The van der Waals surface area contributed by atoms with Gasteiger partial charge in [0.15, 0.2) is 0 Å². The summed E-state index contributed by atoms with van der Waals surface area (Å²) in [5, 5.41) is 14.6. The Labute approximate surface area is 149 Å². The highest BCUT2D eigenvalue weighted by Gasteiger charge is 2.27. The Hall–Kier alpha value is -3.74. The summed E-state index contributed by atoms with van der Waals surface area (Å²) >= 11 is 0. The smallest absolute Gasteiger partial charge is 0.368 e. The minimum Gasteiger partial charge on any atom is -0.489 e. The molecule has 0 radical (unpaired) electrons. The van der Waals surface area contributed by atoms with Gasteiger partial charge in [0.05, 0.1) is 10.5 Å². The summed E-state index contributed by atoms with van der Waals surface area (Å²) < 4.78 is 5.59. The van der Waals surface area contributed by atoms with Gasteiger partial charge in [-0.05, 0) is 24.3 Å². The number of oxime groups is 1. The van der Waals surface area contributed by atoms with Gasteiger partial charge in [0, 0.05) is 23.3 Å². The van der Waals surface area contributed by atoms with Crippen molar-refractivity contribution >= 4 is 23.4 Å². The molecule has 0 bridgehead atoms. The van der Waals surface area contributed by atoms with E-state index in [0.717, 1.165) is 0 Å².